The maximum absolute atomic E-state index is 12.0. The van der Waals surface area contributed by atoms with Crippen LogP contribution in [-0.4, -0.2) is 33.9 Å². The van der Waals surface area contributed by atoms with E-state index in [9.17, 15) is 13.2 Å². The molecule has 2 rings (SSSR count). The fraction of sp³-hybridized carbons (Fsp3) is 0.316. The molecule has 0 radical (unpaired) electrons. The predicted octanol–water partition coefficient (Wildman–Crippen LogP) is 3.03. The summed E-state index contributed by atoms with van der Waals surface area (Å²) in [6.45, 7) is 2.48. The van der Waals surface area contributed by atoms with Gasteiger partial charge in [-0.25, -0.2) is 13.2 Å². The van der Waals surface area contributed by atoms with Crippen LogP contribution in [0.15, 0.2) is 48.5 Å². The topological polar surface area (TPSA) is 69.7 Å². The van der Waals surface area contributed by atoms with Crippen LogP contribution in [0.5, 0.6) is 5.75 Å². The molecule has 2 aromatic rings. The minimum Gasteiger partial charge on any atom is -0.490 e. The standard InChI is InChI=1S/C19H22O5S/c1-3-15-5-4-6-18(13-15)23-11-12-24-19(20)17-9-7-16(8-10-17)14-25(2,21)22/h4-10,13H,3,11-12,14H2,1-2H3. The third-order valence-electron chi connectivity index (χ3n) is 3.51. The lowest BCUT2D eigenvalue weighted by molar-refractivity contribution is 0.0450. The van der Waals surface area contributed by atoms with Crippen molar-refractivity contribution in [1.82, 2.24) is 0 Å². The van der Waals surface area contributed by atoms with Crippen molar-refractivity contribution in [3.8, 4) is 5.75 Å². The molecule has 0 bridgehead atoms. The predicted molar refractivity (Wildman–Crippen MR) is 96.6 cm³/mol. The molecule has 0 amide bonds. The Morgan fingerprint density at radius 1 is 1.00 bits per heavy atom. The van der Waals surface area contributed by atoms with E-state index in [-0.39, 0.29) is 19.0 Å². The van der Waals surface area contributed by atoms with Crippen LogP contribution in [0.3, 0.4) is 0 Å². The smallest absolute Gasteiger partial charge is 0.338 e. The molecule has 0 spiro atoms. The van der Waals surface area contributed by atoms with Crippen molar-refractivity contribution in [1.29, 1.82) is 0 Å². The van der Waals surface area contributed by atoms with Crippen molar-refractivity contribution < 1.29 is 22.7 Å². The van der Waals surface area contributed by atoms with E-state index in [2.05, 4.69) is 6.92 Å². The van der Waals surface area contributed by atoms with E-state index in [0.29, 0.717) is 11.1 Å². The van der Waals surface area contributed by atoms with E-state index in [4.69, 9.17) is 9.47 Å². The van der Waals surface area contributed by atoms with Gasteiger partial charge in [0.25, 0.3) is 0 Å². The maximum Gasteiger partial charge on any atom is 0.338 e. The van der Waals surface area contributed by atoms with Gasteiger partial charge in [-0.3, -0.25) is 0 Å². The second-order valence-electron chi connectivity index (χ2n) is 5.75. The van der Waals surface area contributed by atoms with Gasteiger partial charge in [0.2, 0.25) is 0 Å². The van der Waals surface area contributed by atoms with Crippen molar-refractivity contribution in [2.24, 2.45) is 0 Å². The van der Waals surface area contributed by atoms with Gasteiger partial charge in [-0.15, -0.1) is 0 Å². The van der Waals surface area contributed by atoms with Crippen molar-refractivity contribution in [3.63, 3.8) is 0 Å². The van der Waals surface area contributed by atoms with Gasteiger partial charge in [0.15, 0.2) is 9.84 Å². The highest BCUT2D eigenvalue weighted by molar-refractivity contribution is 7.89. The van der Waals surface area contributed by atoms with Crippen molar-refractivity contribution in [3.05, 3.63) is 65.2 Å². The van der Waals surface area contributed by atoms with E-state index in [0.717, 1.165) is 12.2 Å². The normalized spacial score (nSPS) is 11.1. The average molecular weight is 362 g/mol. The minimum atomic E-state index is -3.09. The first-order valence-corrected chi connectivity index (χ1v) is 10.1. The molecule has 0 aromatic heterocycles. The molecule has 0 aliphatic rings. The molecule has 0 saturated carbocycles. The van der Waals surface area contributed by atoms with Gasteiger partial charge >= 0.3 is 5.97 Å². The van der Waals surface area contributed by atoms with E-state index >= 15 is 0 Å². The van der Waals surface area contributed by atoms with Crippen LogP contribution in [0.2, 0.25) is 0 Å². The monoisotopic (exact) mass is 362 g/mol. The molecule has 0 heterocycles. The Kier molecular flexibility index (Phi) is 6.58. The zero-order valence-electron chi connectivity index (χ0n) is 14.4. The maximum atomic E-state index is 12.0. The van der Waals surface area contributed by atoms with Crippen LogP contribution in [-0.2, 0) is 26.7 Å². The summed E-state index contributed by atoms with van der Waals surface area (Å²) in [5.74, 6) is 0.241. The van der Waals surface area contributed by atoms with Crippen molar-refractivity contribution in [2.75, 3.05) is 19.5 Å². The van der Waals surface area contributed by atoms with Gasteiger partial charge in [0.1, 0.15) is 19.0 Å². The van der Waals surface area contributed by atoms with Crippen molar-refractivity contribution in [2.45, 2.75) is 19.1 Å². The lowest BCUT2D eigenvalue weighted by Crippen LogP contribution is -2.12. The lowest BCUT2D eigenvalue weighted by Gasteiger charge is -2.09. The number of aryl methyl sites for hydroxylation is 1. The number of esters is 1. The number of sulfone groups is 1. The third-order valence-corrected chi connectivity index (χ3v) is 4.37. The number of rotatable bonds is 8. The SMILES string of the molecule is CCc1cccc(OCCOC(=O)c2ccc(CS(C)(=O)=O)cc2)c1. The largest absolute Gasteiger partial charge is 0.490 e. The third kappa shape index (κ3) is 6.58. The Morgan fingerprint density at radius 2 is 1.72 bits per heavy atom. The van der Waals surface area contributed by atoms with Gasteiger partial charge in [0, 0.05) is 6.26 Å². The van der Waals surface area contributed by atoms with Crippen molar-refractivity contribution >= 4 is 15.8 Å². The number of hydrogen-bond acceptors (Lipinski definition) is 5. The molecular formula is C19H22O5S. The molecule has 25 heavy (non-hydrogen) atoms. The Balaban J connectivity index is 1.80. The molecule has 0 aliphatic heterocycles. The summed E-state index contributed by atoms with van der Waals surface area (Å²) < 4.78 is 33.2. The van der Waals surface area contributed by atoms with Gasteiger partial charge in [-0.2, -0.15) is 0 Å². The van der Waals surface area contributed by atoms with E-state index < -0.39 is 15.8 Å². The van der Waals surface area contributed by atoms with Gasteiger partial charge < -0.3 is 9.47 Å². The highest BCUT2D eigenvalue weighted by Crippen LogP contribution is 2.14. The molecule has 0 aliphatic carbocycles. The fourth-order valence-corrected chi connectivity index (χ4v) is 3.07. The molecule has 0 unspecified atom stereocenters. The summed E-state index contributed by atoms with van der Waals surface area (Å²) in [5, 5.41) is 0. The van der Waals surface area contributed by atoms with Crippen LogP contribution < -0.4 is 4.74 Å². The molecular weight excluding hydrogens is 340 g/mol. The van der Waals surface area contributed by atoms with Gasteiger partial charge in [-0.05, 0) is 41.8 Å². The average Bonchev–Trinajstić information content (AvgIpc) is 2.58. The highest BCUT2D eigenvalue weighted by atomic mass is 32.2. The molecule has 0 fully saturated rings. The summed E-state index contributed by atoms with van der Waals surface area (Å²) in [4.78, 5) is 12.0. The number of hydrogen-bond donors (Lipinski definition) is 0. The summed E-state index contributed by atoms with van der Waals surface area (Å²) in [7, 11) is -3.09. The minimum absolute atomic E-state index is 0.0486. The molecule has 0 saturated heterocycles. The first-order chi connectivity index (χ1) is 11.9. The molecule has 5 nitrogen and oxygen atoms in total. The van der Waals surface area contributed by atoms with Gasteiger partial charge in [-0.1, -0.05) is 31.2 Å². The van der Waals surface area contributed by atoms with Gasteiger partial charge in [0.05, 0.1) is 11.3 Å². The zero-order chi connectivity index (χ0) is 18.3. The lowest BCUT2D eigenvalue weighted by atomic mass is 10.1. The summed E-state index contributed by atoms with van der Waals surface area (Å²) >= 11 is 0. The zero-order valence-corrected chi connectivity index (χ0v) is 15.2. The van der Waals surface area contributed by atoms with Crippen LogP contribution in [0.4, 0.5) is 0 Å². The van der Waals surface area contributed by atoms with Crippen LogP contribution in [0.1, 0.15) is 28.4 Å². The quantitative estimate of drug-likeness (QED) is 0.533. The number of ether oxygens (including phenoxy) is 2. The van der Waals surface area contributed by atoms with E-state index in [1.54, 1.807) is 24.3 Å². The molecule has 2 aromatic carbocycles. The number of carbonyl (C=O) groups is 1. The van der Waals surface area contributed by atoms with Crippen LogP contribution >= 0.6 is 0 Å². The summed E-state index contributed by atoms with van der Waals surface area (Å²) in [5.41, 5.74) is 2.20. The molecule has 0 atom stereocenters. The number of benzene rings is 2. The highest BCUT2D eigenvalue weighted by Gasteiger charge is 2.09. The van der Waals surface area contributed by atoms with Crippen LogP contribution in [0, 0.1) is 0 Å². The fourth-order valence-electron chi connectivity index (χ4n) is 2.27. The van der Waals surface area contributed by atoms with E-state index in [1.807, 2.05) is 24.3 Å². The Morgan fingerprint density at radius 3 is 2.36 bits per heavy atom. The second-order valence-corrected chi connectivity index (χ2v) is 7.89. The first kappa shape index (κ1) is 19.0. The molecule has 6 heteroatoms. The van der Waals surface area contributed by atoms with E-state index in [1.165, 1.54) is 11.8 Å². The second kappa shape index (κ2) is 8.67. The summed E-state index contributed by atoms with van der Waals surface area (Å²) in [6, 6.07) is 14.1. The molecule has 0 N–H and O–H groups in total. The molecule has 134 valence electrons. The Hall–Kier alpha value is -2.34. The Labute approximate surface area is 148 Å². The number of carbonyl (C=O) groups excluding carboxylic acids is 1. The Bertz CT molecular complexity index is 810. The van der Waals surface area contributed by atoms with Crippen LogP contribution in [0.25, 0.3) is 0 Å². The first-order valence-electron chi connectivity index (χ1n) is 8.03. The summed E-state index contributed by atoms with van der Waals surface area (Å²) in [6.07, 6.45) is 2.10.